The summed E-state index contributed by atoms with van der Waals surface area (Å²) in [6.07, 6.45) is 5.38. The van der Waals surface area contributed by atoms with E-state index in [1.807, 2.05) is 36.5 Å². The van der Waals surface area contributed by atoms with Gasteiger partial charge in [-0.15, -0.1) is 0 Å². The van der Waals surface area contributed by atoms with Crippen molar-refractivity contribution in [3.8, 4) is 0 Å². The maximum absolute atomic E-state index is 4.42. The van der Waals surface area contributed by atoms with Gasteiger partial charge in [0, 0.05) is 18.6 Å². The Hall–Kier alpha value is -1.96. The van der Waals surface area contributed by atoms with Crippen molar-refractivity contribution in [3.05, 3.63) is 59.9 Å². The van der Waals surface area contributed by atoms with Gasteiger partial charge in [-0.2, -0.15) is 0 Å². The van der Waals surface area contributed by atoms with Crippen LogP contribution < -0.4 is 0 Å². The van der Waals surface area contributed by atoms with Gasteiger partial charge in [0.2, 0.25) is 0 Å². The molecule has 0 fully saturated rings. The Bertz CT molecular complexity index is 461. The number of rotatable bonds is 2. The standard InChI is InChI=1S/C13H12N2/c1-11-4-2-3-5-13(11)15-10-12-6-8-14-9-7-12/h2-10H,1H3. The fourth-order valence-electron chi connectivity index (χ4n) is 1.30. The highest BCUT2D eigenvalue weighted by molar-refractivity contribution is 5.81. The molecule has 0 aliphatic heterocycles. The van der Waals surface area contributed by atoms with Crippen molar-refractivity contribution in [3.63, 3.8) is 0 Å². The molecule has 0 bridgehead atoms. The molecule has 0 aliphatic carbocycles. The quantitative estimate of drug-likeness (QED) is 0.677. The molecule has 74 valence electrons. The molecular formula is C13H12N2. The molecule has 2 heteroatoms. The lowest BCUT2D eigenvalue weighted by Gasteiger charge is -1.97. The highest BCUT2D eigenvalue weighted by Gasteiger charge is 1.92. The lowest BCUT2D eigenvalue weighted by Crippen LogP contribution is -1.81. The van der Waals surface area contributed by atoms with E-state index in [1.54, 1.807) is 12.4 Å². The van der Waals surface area contributed by atoms with Crippen molar-refractivity contribution >= 4 is 11.9 Å². The molecule has 1 aromatic heterocycles. The molecule has 0 saturated carbocycles. The van der Waals surface area contributed by atoms with Crippen molar-refractivity contribution in [1.29, 1.82) is 0 Å². The van der Waals surface area contributed by atoms with Gasteiger partial charge in [0.25, 0.3) is 0 Å². The minimum Gasteiger partial charge on any atom is -0.265 e. The fourth-order valence-corrected chi connectivity index (χ4v) is 1.30. The molecule has 0 amide bonds. The van der Waals surface area contributed by atoms with Gasteiger partial charge in [0.15, 0.2) is 0 Å². The van der Waals surface area contributed by atoms with Crippen molar-refractivity contribution in [1.82, 2.24) is 4.98 Å². The number of nitrogens with zero attached hydrogens (tertiary/aromatic N) is 2. The summed E-state index contributed by atoms with van der Waals surface area (Å²) in [5.74, 6) is 0. The van der Waals surface area contributed by atoms with Gasteiger partial charge >= 0.3 is 0 Å². The van der Waals surface area contributed by atoms with Gasteiger partial charge in [0.05, 0.1) is 5.69 Å². The summed E-state index contributed by atoms with van der Waals surface area (Å²) in [4.78, 5) is 8.38. The van der Waals surface area contributed by atoms with Crippen LogP contribution in [0.25, 0.3) is 0 Å². The summed E-state index contributed by atoms with van der Waals surface area (Å²) in [6.45, 7) is 2.05. The van der Waals surface area contributed by atoms with Gasteiger partial charge in [-0.05, 0) is 36.2 Å². The molecule has 1 aromatic carbocycles. The summed E-state index contributed by atoms with van der Waals surface area (Å²) < 4.78 is 0. The van der Waals surface area contributed by atoms with E-state index >= 15 is 0 Å². The molecule has 2 nitrogen and oxygen atoms in total. The van der Waals surface area contributed by atoms with Crippen LogP contribution in [0.15, 0.2) is 53.8 Å². The normalized spacial score (nSPS) is 10.7. The number of pyridine rings is 1. The van der Waals surface area contributed by atoms with Gasteiger partial charge in [-0.25, -0.2) is 0 Å². The molecule has 0 N–H and O–H groups in total. The van der Waals surface area contributed by atoms with E-state index < -0.39 is 0 Å². The van der Waals surface area contributed by atoms with Gasteiger partial charge in [-0.1, -0.05) is 18.2 Å². The number of aliphatic imine (C=N–C) groups is 1. The summed E-state index contributed by atoms with van der Waals surface area (Å²) in [7, 11) is 0. The predicted molar refractivity (Wildman–Crippen MR) is 62.7 cm³/mol. The van der Waals surface area contributed by atoms with E-state index in [4.69, 9.17) is 0 Å². The monoisotopic (exact) mass is 196 g/mol. The second-order valence-electron chi connectivity index (χ2n) is 3.33. The van der Waals surface area contributed by atoms with Crippen LogP contribution in [0.5, 0.6) is 0 Å². The number of para-hydroxylation sites is 1. The Kier molecular flexibility index (Phi) is 2.88. The lowest BCUT2D eigenvalue weighted by atomic mass is 10.2. The highest BCUT2D eigenvalue weighted by Crippen LogP contribution is 2.16. The topological polar surface area (TPSA) is 25.2 Å². The number of aryl methyl sites for hydroxylation is 1. The van der Waals surface area contributed by atoms with Crippen molar-refractivity contribution in [2.45, 2.75) is 6.92 Å². The van der Waals surface area contributed by atoms with E-state index in [2.05, 4.69) is 23.0 Å². The first-order valence-corrected chi connectivity index (χ1v) is 4.86. The minimum absolute atomic E-state index is 1.01. The SMILES string of the molecule is Cc1ccccc1N=Cc1ccncc1. The third kappa shape index (κ3) is 2.50. The second-order valence-corrected chi connectivity index (χ2v) is 3.33. The summed E-state index contributed by atoms with van der Waals surface area (Å²) in [5.41, 5.74) is 3.25. The van der Waals surface area contributed by atoms with Crippen LogP contribution in [-0.2, 0) is 0 Å². The van der Waals surface area contributed by atoms with Crippen LogP contribution in [0, 0.1) is 6.92 Å². The van der Waals surface area contributed by atoms with Gasteiger partial charge in [-0.3, -0.25) is 9.98 Å². The third-order valence-electron chi connectivity index (χ3n) is 2.17. The molecule has 2 aromatic rings. The van der Waals surface area contributed by atoms with Crippen LogP contribution in [0.1, 0.15) is 11.1 Å². The zero-order valence-corrected chi connectivity index (χ0v) is 8.59. The van der Waals surface area contributed by atoms with E-state index in [1.165, 1.54) is 5.56 Å². The molecule has 0 radical (unpaired) electrons. The minimum atomic E-state index is 1.01. The first-order chi connectivity index (χ1) is 7.36. The first kappa shape index (κ1) is 9.59. The maximum atomic E-state index is 4.42. The number of hydrogen-bond acceptors (Lipinski definition) is 2. The summed E-state index contributed by atoms with van der Waals surface area (Å²) in [5, 5.41) is 0. The van der Waals surface area contributed by atoms with Crippen LogP contribution in [0.3, 0.4) is 0 Å². The zero-order valence-electron chi connectivity index (χ0n) is 8.59. The zero-order chi connectivity index (χ0) is 10.5. The molecule has 1 heterocycles. The van der Waals surface area contributed by atoms with E-state index in [0.717, 1.165) is 11.3 Å². The molecule has 0 atom stereocenters. The van der Waals surface area contributed by atoms with Crippen LogP contribution in [0.2, 0.25) is 0 Å². The predicted octanol–water partition coefficient (Wildman–Crippen LogP) is 3.14. The van der Waals surface area contributed by atoms with Crippen molar-refractivity contribution < 1.29 is 0 Å². The average Bonchev–Trinajstić information content (AvgIpc) is 2.29. The molecule has 0 unspecified atom stereocenters. The second kappa shape index (κ2) is 4.51. The van der Waals surface area contributed by atoms with Crippen LogP contribution >= 0.6 is 0 Å². The van der Waals surface area contributed by atoms with Crippen LogP contribution in [-0.4, -0.2) is 11.2 Å². The molecule has 2 rings (SSSR count). The Morgan fingerprint density at radius 2 is 1.80 bits per heavy atom. The summed E-state index contributed by atoms with van der Waals surface area (Å²) >= 11 is 0. The largest absolute Gasteiger partial charge is 0.265 e. The van der Waals surface area contributed by atoms with Gasteiger partial charge < -0.3 is 0 Å². The van der Waals surface area contributed by atoms with Gasteiger partial charge in [0.1, 0.15) is 0 Å². The van der Waals surface area contributed by atoms with E-state index in [0.29, 0.717) is 0 Å². The average molecular weight is 196 g/mol. The number of hydrogen-bond donors (Lipinski definition) is 0. The Morgan fingerprint density at radius 3 is 2.53 bits per heavy atom. The Labute approximate surface area is 89.3 Å². The highest BCUT2D eigenvalue weighted by atomic mass is 14.7. The molecule has 0 aliphatic rings. The number of benzene rings is 1. The smallest absolute Gasteiger partial charge is 0.0659 e. The number of aromatic nitrogens is 1. The Balaban J connectivity index is 2.23. The molecule has 0 saturated heterocycles. The van der Waals surface area contributed by atoms with Crippen LogP contribution in [0.4, 0.5) is 5.69 Å². The molecular weight excluding hydrogens is 184 g/mol. The summed E-state index contributed by atoms with van der Waals surface area (Å²) in [6, 6.07) is 11.9. The fraction of sp³-hybridized carbons (Fsp3) is 0.0769. The van der Waals surface area contributed by atoms with E-state index in [9.17, 15) is 0 Å². The Morgan fingerprint density at radius 1 is 1.07 bits per heavy atom. The molecule has 0 spiro atoms. The van der Waals surface area contributed by atoms with Crippen molar-refractivity contribution in [2.24, 2.45) is 4.99 Å². The van der Waals surface area contributed by atoms with E-state index in [-0.39, 0.29) is 0 Å². The molecule has 15 heavy (non-hydrogen) atoms. The lowest BCUT2D eigenvalue weighted by molar-refractivity contribution is 1.32. The first-order valence-electron chi connectivity index (χ1n) is 4.86. The maximum Gasteiger partial charge on any atom is 0.0659 e. The third-order valence-corrected chi connectivity index (χ3v) is 2.17. The van der Waals surface area contributed by atoms with Crippen molar-refractivity contribution in [2.75, 3.05) is 0 Å².